The molecule has 3 aliphatic rings. The Hall–Kier alpha value is -3.32. The topological polar surface area (TPSA) is 82.1 Å². The molecule has 2 aromatic carbocycles. The molecule has 0 N–H and O–H groups in total. The zero-order valence-corrected chi connectivity index (χ0v) is 23.2. The maximum Gasteiger partial charge on any atom is 0.345 e. The Bertz CT molecular complexity index is 1310. The lowest BCUT2D eigenvalue weighted by Gasteiger charge is -2.45. The van der Waals surface area contributed by atoms with Crippen LogP contribution in [0, 0.1) is 11.8 Å². The number of nitrogens with zero attached hydrogens (tertiary/aromatic N) is 1. The molecule has 2 aromatic rings. The molecule has 1 spiro atoms. The lowest BCUT2D eigenvalue weighted by molar-refractivity contribution is -0.149. The van der Waals surface area contributed by atoms with Gasteiger partial charge in [0, 0.05) is 43.3 Å². The minimum absolute atomic E-state index is 0.165. The predicted molar refractivity (Wildman–Crippen MR) is 148 cm³/mol. The minimum Gasteiger partial charge on any atom is -0.490 e. The molecule has 0 saturated heterocycles. The highest BCUT2D eigenvalue weighted by Gasteiger charge is 2.44. The Morgan fingerprint density at radius 2 is 2.00 bits per heavy atom. The van der Waals surface area contributed by atoms with Crippen molar-refractivity contribution in [2.45, 2.75) is 57.5 Å². The summed E-state index contributed by atoms with van der Waals surface area (Å²) in [6.45, 7) is 8.42. The minimum atomic E-state index is -0.690. The van der Waals surface area contributed by atoms with E-state index in [4.69, 9.17) is 25.8 Å². The number of rotatable bonds is 6. The van der Waals surface area contributed by atoms with Gasteiger partial charge in [0.25, 0.3) is 0 Å². The van der Waals surface area contributed by atoms with Crippen LogP contribution in [0.5, 0.6) is 5.75 Å². The Balaban J connectivity index is 1.52. The van der Waals surface area contributed by atoms with Crippen molar-refractivity contribution < 1.29 is 28.6 Å². The molecule has 0 radical (unpaired) electrons. The summed E-state index contributed by atoms with van der Waals surface area (Å²) in [5.41, 5.74) is 3.32. The van der Waals surface area contributed by atoms with Gasteiger partial charge in [-0.05, 0) is 79.5 Å². The van der Waals surface area contributed by atoms with Gasteiger partial charge in [-0.1, -0.05) is 30.3 Å². The molecule has 0 bridgehead atoms. The van der Waals surface area contributed by atoms with Crippen LogP contribution in [0.25, 0.3) is 0 Å². The molecule has 4 atom stereocenters. The molecule has 7 nitrogen and oxygen atoms in total. The lowest BCUT2D eigenvalue weighted by Crippen LogP contribution is -2.49. The quantitative estimate of drug-likeness (QED) is 0.260. The summed E-state index contributed by atoms with van der Waals surface area (Å²) in [7, 11) is 0. The number of fused-ring (bicyclic) bond motifs is 3. The number of esters is 3. The summed E-state index contributed by atoms with van der Waals surface area (Å²) < 4.78 is 16.9. The zero-order valence-electron chi connectivity index (χ0n) is 22.4. The van der Waals surface area contributed by atoms with Crippen LogP contribution in [0.3, 0.4) is 0 Å². The SMILES string of the molecule is C=C[C@H](OC(C)=O)[C@@H]1CC[C@H]1CN1C[C@@]2(CCCc3cc(Cl)ccc32)COc2ccc(C(=O)OC(C)=O)cc21. The van der Waals surface area contributed by atoms with Gasteiger partial charge in [-0.25, -0.2) is 4.79 Å². The van der Waals surface area contributed by atoms with Gasteiger partial charge < -0.3 is 19.1 Å². The Morgan fingerprint density at radius 3 is 2.69 bits per heavy atom. The molecule has 2 aliphatic carbocycles. The molecule has 1 heterocycles. The fourth-order valence-electron chi connectivity index (χ4n) is 6.47. The van der Waals surface area contributed by atoms with Gasteiger partial charge in [-0.2, -0.15) is 0 Å². The van der Waals surface area contributed by atoms with Crippen LogP contribution in [0.15, 0.2) is 49.1 Å². The lowest BCUT2D eigenvalue weighted by atomic mass is 9.68. The molecule has 1 aliphatic heterocycles. The number of benzene rings is 2. The van der Waals surface area contributed by atoms with Crippen LogP contribution < -0.4 is 9.64 Å². The highest BCUT2D eigenvalue weighted by molar-refractivity contribution is 6.30. The maximum absolute atomic E-state index is 12.6. The van der Waals surface area contributed by atoms with Gasteiger partial charge in [0.15, 0.2) is 0 Å². The molecule has 206 valence electrons. The monoisotopic (exact) mass is 551 g/mol. The molecule has 0 unspecified atom stereocenters. The molecular weight excluding hydrogens is 518 g/mol. The Kier molecular flexibility index (Phi) is 7.72. The summed E-state index contributed by atoms with van der Waals surface area (Å²) in [4.78, 5) is 38.1. The van der Waals surface area contributed by atoms with Crippen molar-refractivity contribution in [2.24, 2.45) is 11.8 Å². The molecular formula is C31H34ClNO6. The standard InChI is InChI=1S/C31H34ClNO6/c1-4-28(38-19(2)34)25-10-7-23(25)16-33-17-31(13-5-6-21-14-24(32)9-11-26(21)31)18-37-29-12-8-22(15-27(29)33)30(36)39-20(3)35/h4,8-9,11-12,14-15,23,25,28H,1,5-7,10,13,16-18H2,2-3H3/t23-,25+,28-,31-/m0/s1. The first-order chi connectivity index (χ1) is 18.7. The fraction of sp³-hybridized carbons (Fsp3) is 0.452. The van der Waals surface area contributed by atoms with E-state index in [2.05, 4.69) is 23.6 Å². The van der Waals surface area contributed by atoms with Crippen LogP contribution in [0.4, 0.5) is 5.69 Å². The van der Waals surface area contributed by atoms with Crippen LogP contribution in [-0.2, 0) is 30.9 Å². The average molecular weight is 552 g/mol. The van der Waals surface area contributed by atoms with Gasteiger partial charge in [0.05, 0.1) is 17.9 Å². The smallest absolute Gasteiger partial charge is 0.345 e. The number of carbonyl (C=O) groups excluding carboxylic acids is 3. The van der Waals surface area contributed by atoms with Crippen molar-refractivity contribution in [1.82, 2.24) is 0 Å². The number of halogens is 1. The van der Waals surface area contributed by atoms with E-state index in [1.807, 2.05) is 6.07 Å². The van der Waals surface area contributed by atoms with Crippen molar-refractivity contribution in [3.63, 3.8) is 0 Å². The van der Waals surface area contributed by atoms with Crippen molar-refractivity contribution in [3.05, 3.63) is 70.8 Å². The molecule has 39 heavy (non-hydrogen) atoms. The fourth-order valence-corrected chi connectivity index (χ4v) is 6.66. The van der Waals surface area contributed by atoms with Crippen molar-refractivity contribution in [3.8, 4) is 5.75 Å². The van der Waals surface area contributed by atoms with Crippen molar-refractivity contribution in [1.29, 1.82) is 0 Å². The average Bonchev–Trinajstić information content (AvgIpc) is 3.02. The molecule has 5 rings (SSSR count). The third kappa shape index (κ3) is 5.55. The summed E-state index contributed by atoms with van der Waals surface area (Å²) in [6.07, 6.45) is 6.27. The molecule has 0 aromatic heterocycles. The first kappa shape index (κ1) is 27.3. The number of aryl methyl sites for hydroxylation is 1. The highest BCUT2D eigenvalue weighted by atomic mass is 35.5. The molecule has 8 heteroatoms. The van der Waals surface area contributed by atoms with Crippen molar-refractivity contribution >= 4 is 35.2 Å². The number of hydrogen-bond donors (Lipinski definition) is 0. The summed E-state index contributed by atoms with van der Waals surface area (Å²) in [5.74, 6) is -0.551. The summed E-state index contributed by atoms with van der Waals surface area (Å²) in [6, 6.07) is 11.3. The van der Waals surface area contributed by atoms with Crippen LogP contribution >= 0.6 is 11.6 Å². The van der Waals surface area contributed by atoms with E-state index in [0.29, 0.717) is 31.0 Å². The number of carbonyl (C=O) groups is 3. The van der Waals surface area contributed by atoms with Crippen molar-refractivity contribution in [2.75, 3.05) is 24.6 Å². The van der Waals surface area contributed by atoms with E-state index < -0.39 is 11.9 Å². The van der Waals surface area contributed by atoms with E-state index in [-0.39, 0.29) is 29.3 Å². The predicted octanol–water partition coefficient (Wildman–Crippen LogP) is 5.66. The van der Waals surface area contributed by atoms with E-state index in [1.54, 1.807) is 24.3 Å². The van der Waals surface area contributed by atoms with Gasteiger partial charge >= 0.3 is 17.9 Å². The van der Waals surface area contributed by atoms with E-state index in [0.717, 1.165) is 42.8 Å². The summed E-state index contributed by atoms with van der Waals surface area (Å²) in [5, 5.41) is 0.729. The van der Waals surface area contributed by atoms with Gasteiger partial charge in [-0.3, -0.25) is 9.59 Å². The van der Waals surface area contributed by atoms with Gasteiger partial charge in [0.1, 0.15) is 11.9 Å². The third-order valence-corrected chi connectivity index (χ3v) is 8.63. The zero-order chi connectivity index (χ0) is 27.7. The van der Waals surface area contributed by atoms with E-state index in [9.17, 15) is 14.4 Å². The van der Waals surface area contributed by atoms with Gasteiger partial charge in [-0.15, -0.1) is 0 Å². The van der Waals surface area contributed by atoms with E-state index in [1.165, 1.54) is 25.0 Å². The normalized spacial score (nSPS) is 24.2. The molecule has 1 saturated carbocycles. The van der Waals surface area contributed by atoms with Crippen LogP contribution in [0.1, 0.15) is 61.0 Å². The highest BCUT2D eigenvalue weighted by Crippen LogP contribution is 2.47. The van der Waals surface area contributed by atoms with Gasteiger partial charge in [0.2, 0.25) is 0 Å². The molecule has 1 fully saturated rings. The second-order valence-corrected chi connectivity index (χ2v) is 11.4. The van der Waals surface area contributed by atoms with Crippen LogP contribution in [-0.4, -0.2) is 43.7 Å². The second-order valence-electron chi connectivity index (χ2n) is 11.0. The first-order valence-electron chi connectivity index (χ1n) is 13.5. The third-order valence-electron chi connectivity index (χ3n) is 8.40. The largest absolute Gasteiger partial charge is 0.490 e. The summed E-state index contributed by atoms with van der Waals surface area (Å²) >= 11 is 6.36. The Labute approximate surface area is 234 Å². The van der Waals surface area contributed by atoms with E-state index >= 15 is 0 Å². The Morgan fingerprint density at radius 1 is 1.18 bits per heavy atom. The second kappa shape index (κ2) is 11.0. The molecule has 0 amide bonds. The maximum atomic E-state index is 12.6. The first-order valence-corrected chi connectivity index (χ1v) is 13.9. The number of hydrogen-bond acceptors (Lipinski definition) is 7. The van der Waals surface area contributed by atoms with Crippen LogP contribution in [0.2, 0.25) is 5.02 Å². The number of ether oxygens (including phenoxy) is 3. The number of anilines is 1.